The summed E-state index contributed by atoms with van der Waals surface area (Å²) >= 11 is 11.2. The van der Waals surface area contributed by atoms with Crippen LogP contribution in [-0.4, -0.2) is 49.4 Å². The summed E-state index contributed by atoms with van der Waals surface area (Å²) in [5, 5.41) is 17.3. The van der Waals surface area contributed by atoms with Gasteiger partial charge in [-0.3, -0.25) is 20.2 Å². The van der Waals surface area contributed by atoms with Gasteiger partial charge >= 0.3 is 0 Å². The number of hydrogen-bond acceptors (Lipinski definition) is 7. The molecular weight excluding hydrogens is 432 g/mol. The summed E-state index contributed by atoms with van der Waals surface area (Å²) < 4.78 is 10.4. The van der Waals surface area contributed by atoms with E-state index in [0.717, 1.165) is 0 Å². The maximum Gasteiger partial charge on any atom is 0.293 e. The molecule has 2 aromatic carbocycles. The molecule has 1 aliphatic rings. The Morgan fingerprint density at radius 2 is 2.00 bits per heavy atom. The van der Waals surface area contributed by atoms with Crippen LogP contribution < -0.4 is 20.3 Å². The minimum absolute atomic E-state index is 0.0288. The first-order valence-electron chi connectivity index (χ1n) is 8.96. The second-order valence-electron chi connectivity index (χ2n) is 6.32. The van der Waals surface area contributed by atoms with Crippen LogP contribution in [0.2, 0.25) is 5.02 Å². The number of amides is 1. The molecule has 30 heavy (non-hydrogen) atoms. The fourth-order valence-corrected chi connectivity index (χ4v) is 3.43. The number of benzene rings is 2. The van der Waals surface area contributed by atoms with E-state index in [0.29, 0.717) is 48.5 Å². The van der Waals surface area contributed by atoms with Gasteiger partial charge in [0.1, 0.15) is 11.4 Å². The van der Waals surface area contributed by atoms with Gasteiger partial charge in [-0.1, -0.05) is 11.6 Å². The van der Waals surface area contributed by atoms with Gasteiger partial charge in [-0.2, -0.15) is 0 Å². The molecule has 158 valence electrons. The van der Waals surface area contributed by atoms with Gasteiger partial charge < -0.3 is 19.7 Å². The minimum Gasteiger partial charge on any atom is -0.495 e. The Morgan fingerprint density at radius 1 is 1.27 bits per heavy atom. The molecular formula is C19H19ClN4O5S. The molecule has 1 heterocycles. The van der Waals surface area contributed by atoms with E-state index in [2.05, 4.69) is 10.6 Å². The molecule has 1 aliphatic heterocycles. The minimum atomic E-state index is -0.566. The molecule has 0 saturated carbocycles. The number of carbonyl (C=O) groups excluding carboxylic acids is 1. The van der Waals surface area contributed by atoms with Gasteiger partial charge in [-0.05, 0) is 42.5 Å². The van der Waals surface area contributed by atoms with E-state index in [1.54, 1.807) is 24.3 Å². The number of nitro groups is 1. The van der Waals surface area contributed by atoms with Crippen LogP contribution in [-0.2, 0) is 4.74 Å². The number of nitrogens with zero attached hydrogens (tertiary/aromatic N) is 2. The Kier molecular flexibility index (Phi) is 7.03. The van der Waals surface area contributed by atoms with E-state index in [1.807, 2.05) is 4.90 Å². The van der Waals surface area contributed by atoms with Crippen molar-refractivity contribution in [1.29, 1.82) is 0 Å². The molecule has 1 saturated heterocycles. The van der Waals surface area contributed by atoms with Gasteiger partial charge in [0.25, 0.3) is 11.6 Å². The first-order chi connectivity index (χ1) is 14.4. The molecule has 11 heteroatoms. The van der Waals surface area contributed by atoms with Crippen molar-refractivity contribution >= 4 is 51.9 Å². The Labute approximate surface area is 183 Å². The molecule has 0 spiro atoms. The molecule has 0 unspecified atom stereocenters. The Balaban J connectivity index is 1.71. The fraction of sp³-hybridized carbons (Fsp3) is 0.263. The number of hydrogen-bond donors (Lipinski definition) is 2. The van der Waals surface area contributed by atoms with Crippen LogP contribution in [0, 0.1) is 10.1 Å². The fourth-order valence-electron chi connectivity index (χ4n) is 2.96. The zero-order chi connectivity index (χ0) is 21.7. The quantitative estimate of drug-likeness (QED) is 0.406. The van der Waals surface area contributed by atoms with Gasteiger partial charge in [0.15, 0.2) is 5.11 Å². The third-order valence-electron chi connectivity index (χ3n) is 4.42. The van der Waals surface area contributed by atoms with Gasteiger partial charge in [0.05, 0.1) is 30.3 Å². The lowest BCUT2D eigenvalue weighted by atomic mass is 10.1. The molecule has 0 aromatic heterocycles. The van der Waals surface area contributed by atoms with E-state index in [-0.39, 0.29) is 16.4 Å². The van der Waals surface area contributed by atoms with Crippen molar-refractivity contribution in [1.82, 2.24) is 5.32 Å². The van der Waals surface area contributed by atoms with Crippen molar-refractivity contribution in [3.63, 3.8) is 0 Å². The normalized spacial score (nSPS) is 13.5. The van der Waals surface area contributed by atoms with Crippen LogP contribution in [0.4, 0.5) is 17.1 Å². The summed E-state index contributed by atoms with van der Waals surface area (Å²) in [6.45, 7) is 2.08. The third kappa shape index (κ3) is 5.15. The van der Waals surface area contributed by atoms with Crippen molar-refractivity contribution in [3.05, 3.63) is 57.1 Å². The summed E-state index contributed by atoms with van der Waals surface area (Å²) in [5.74, 6) is -0.0615. The molecule has 2 aromatic rings. The van der Waals surface area contributed by atoms with Crippen LogP contribution in [0.1, 0.15) is 10.4 Å². The second kappa shape index (κ2) is 9.70. The van der Waals surface area contributed by atoms with Gasteiger partial charge in [0, 0.05) is 30.4 Å². The summed E-state index contributed by atoms with van der Waals surface area (Å²) in [4.78, 5) is 25.4. The van der Waals surface area contributed by atoms with Gasteiger partial charge in [-0.25, -0.2) is 0 Å². The van der Waals surface area contributed by atoms with Crippen molar-refractivity contribution in [2.75, 3.05) is 43.6 Å². The lowest BCUT2D eigenvalue weighted by Gasteiger charge is -2.28. The number of morpholine rings is 1. The molecule has 0 radical (unpaired) electrons. The summed E-state index contributed by atoms with van der Waals surface area (Å²) in [7, 11) is 1.50. The first-order valence-corrected chi connectivity index (χ1v) is 9.74. The highest BCUT2D eigenvalue weighted by atomic mass is 35.5. The molecule has 0 aliphatic carbocycles. The molecule has 3 rings (SSSR count). The number of nitrogens with one attached hydrogen (secondary N) is 2. The average Bonchev–Trinajstić information content (AvgIpc) is 2.74. The summed E-state index contributed by atoms with van der Waals surface area (Å²) in [5.41, 5.74) is 0.981. The summed E-state index contributed by atoms with van der Waals surface area (Å²) in [6, 6.07) is 9.28. The lowest BCUT2D eigenvalue weighted by molar-refractivity contribution is -0.384. The SMILES string of the molecule is COc1ccc(NC(=S)NC(=O)c2ccc(N3CCOCC3)c([N+](=O)[O-])c2)cc1Cl. The van der Waals surface area contributed by atoms with E-state index in [9.17, 15) is 14.9 Å². The first kappa shape index (κ1) is 21.8. The number of halogens is 1. The van der Waals surface area contributed by atoms with Crippen LogP contribution in [0.3, 0.4) is 0 Å². The molecule has 1 amide bonds. The van der Waals surface area contributed by atoms with Crippen LogP contribution in [0.15, 0.2) is 36.4 Å². The van der Waals surface area contributed by atoms with Crippen molar-refractivity contribution < 1.29 is 19.2 Å². The Hall–Kier alpha value is -2.95. The number of carbonyl (C=O) groups is 1. The van der Waals surface area contributed by atoms with Gasteiger partial charge in [-0.15, -0.1) is 0 Å². The maximum absolute atomic E-state index is 12.5. The standard InChI is InChI=1S/C19H19ClN4O5S/c1-28-17-5-3-13(11-14(17)20)21-19(30)22-18(25)12-2-4-15(16(10-12)24(26)27)23-6-8-29-9-7-23/h2-5,10-11H,6-9H2,1H3,(H2,21,22,25,30). The molecule has 9 nitrogen and oxygen atoms in total. The molecule has 0 bridgehead atoms. The zero-order valence-electron chi connectivity index (χ0n) is 16.0. The van der Waals surface area contributed by atoms with Crippen molar-refractivity contribution in [2.45, 2.75) is 0 Å². The average molecular weight is 451 g/mol. The number of ether oxygens (including phenoxy) is 2. The monoisotopic (exact) mass is 450 g/mol. The Morgan fingerprint density at radius 3 is 2.63 bits per heavy atom. The van der Waals surface area contributed by atoms with E-state index in [1.165, 1.54) is 19.2 Å². The van der Waals surface area contributed by atoms with E-state index in [4.69, 9.17) is 33.3 Å². The Bertz CT molecular complexity index is 981. The number of rotatable bonds is 5. The number of methoxy groups -OCH3 is 1. The number of nitro benzene ring substituents is 1. The third-order valence-corrected chi connectivity index (χ3v) is 4.92. The molecule has 1 fully saturated rings. The van der Waals surface area contributed by atoms with E-state index < -0.39 is 10.8 Å². The second-order valence-corrected chi connectivity index (χ2v) is 7.13. The smallest absolute Gasteiger partial charge is 0.293 e. The van der Waals surface area contributed by atoms with Gasteiger partial charge in [0.2, 0.25) is 0 Å². The predicted octanol–water partition coefficient (Wildman–Crippen LogP) is 3.22. The highest BCUT2D eigenvalue weighted by molar-refractivity contribution is 7.80. The van der Waals surface area contributed by atoms with E-state index >= 15 is 0 Å². The van der Waals surface area contributed by atoms with Crippen LogP contribution >= 0.6 is 23.8 Å². The van der Waals surface area contributed by atoms with Crippen molar-refractivity contribution in [2.24, 2.45) is 0 Å². The highest BCUT2D eigenvalue weighted by Gasteiger charge is 2.23. The van der Waals surface area contributed by atoms with Crippen molar-refractivity contribution in [3.8, 4) is 5.75 Å². The zero-order valence-corrected chi connectivity index (χ0v) is 17.6. The highest BCUT2D eigenvalue weighted by Crippen LogP contribution is 2.30. The molecule has 0 atom stereocenters. The van der Waals surface area contributed by atoms with Crippen LogP contribution in [0.25, 0.3) is 0 Å². The largest absolute Gasteiger partial charge is 0.495 e. The predicted molar refractivity (Wildman–Crippen MR) is 118 cm³/mol. The summed E-state index contributed by atoms with van der Waals surface area (Å²) in [6.07, 6.45) is 0. The molecule has 2 N–H and O–H groups in total. The topological polar surface area (TPSA) is 106 Å². The van der Waals surface area contributed by atoms with Crippen LogP contribution in [0.5, 0.6) is 5.75 Å². The number of anilines is 2. The lowest BCUT2D eigenvalue weighted by Crippen LogP contribution is -2.37. The number of thiocarbonyl (C=S) groups is 1. The maximum atomic E-state index is 12.5.